The number of aliphatic hydroxyl groups is 1. The number of nitrogens with zero attached hydrogens (tertiary/aromatic N) is 1. The second-order valence-electron chi connectivity index (χ2n) is 7.45. The number of carbonyl (C=O) groups is 1. The van der Waals surface area contributed by atoms with Crippen molar-refractivity contribution in [1.82, 2.24) is 9.88 Å². The highest BCUT2D eigenvalue weighted by molar-refractivity contribution is 6.35. The van der Waals surface area contributed by atoms with Crippen LogP contribution in [-0.2, 0) is 19.6 Å². The summed E-state index contributed by atoms with van der Waals surface area (Å²) in [6.07, 6.45) is 0.437. The van der Waals surface area contributed by atoms with E-state index in [2.05, 4.69) is 4.98 Å². The largest absolute Gasteiger partial charge is 0.489 e. The number of pyridine rings is 1. The molecule has 2 aromatic rings. The SMILES string of the molecule is Cc1cc(C)c(CN2CCc3c(CO)cc(OC(C)C)c(Cl)c3C2=O)c(=O)[nH]1. The predicted molar refractivity (Wildman–Crippen MR) is 108 cm³/mol. The fourth-order valence-electron chi connectivity index (χ4n) is 3.64. The van der Waals surface area contributed by atoms with Gasteiger partial charge in [-0.3, -0.25) is 9.59 Å². The number of amides is 1. The molecule has 1 aliphatic rings. The van der Waals surface area contributed by atoms with Gasteiger partial charge in [0.05, 0.1) is 29.8 Å². The lowest BCUT2D eigenvalue weighted by Gasteiger charge is -2.31. The summed E-state index contributed by atoms with van der Waals surface area (Å²) in [5.41, 5.74) is 3.76. The molecule has 0 radical (unpaired) electrons. The van der Waals surface area contributed by atoms with Crippen molar-refractivity contribution in [2.24, 2.45) is 0 Å². The van der Waals surface area contributed by atoms with E-state index in [4.69, 9.17) is 16.3 Å². The number of aromatic nitrogens is 1. The highest BCUT2D eigenvalue weighted by Crippen LogP contribution is 2.37. The Morgan fingerprint density at radius 1 is 1.29 bits per heavy atom. The van der Waals surface area contributed by atoms with Crippen molar-refractivity contribution in [3.63, 3.8) is 0 Å². The summed E-state index contributed by atoms with van der Waals surface area (Å²) in [6.45, 7) is 7.90. The number of aromatic amines is 1. The zero-order chi connectivity index (χ0) is 20.6. The van der Waals surface area contributed by atoms with Crippen LogP contribution < -0.4 is 10.3 Å². The molecule has 6 nitrogen and oxygen atoms in total. The summed E-state index contributed by atoms with van der Waals surface area (Å²) in [7, 11) is 0. The maximum Gasteiger partial charge on any atom is 0.256 e. The lowest BCUT2D eigenvalue weighted by molar-refractivity contribution is 0.0724. The predicted octanol–water partition coefficient (Wildman–Crippen LogP) is 3.12. The third-order valence-corrected chi connectivity index (χ3v) is 5.31. The van der Waals surface area contributed by atoms with Gasteiger partial charge < -0.3 is 19.7 Å². The zero-order valence-corrected chi connectivity index (χ0v) is 17.3. The van der Waals surface area contributed by atoms with Gasteiger partial charge in [-0.15, -0.1) is 0 Å². The molecule has 1 aromatic carbocycles. The molecule has 0 aliphatic carbocycles. The van der Waals surface area contributed by atoms with Gasteiger partial charge in [0.2, 0.25) is 0 Å². The van der Waals surface area contributed by atoms with Gasteiger partial charge in [0.15, 0.2) is 0 Å². The van der Waals surface area contributed by atoms with Gasteiger partial charge >= 0.3 is 0 Å². The fraction of sp³-hybridized carbons (Fsp3) is 0.429. The van der Waals surface area contributed by atoms with Crippen LogP contribution in [0.3, 0.4) is 0 Å². The van der Waals surface area contributed by atoms with E-state index in [1.54, 1.807) is 11.0 Å². The van der Waals surface area contributed by atoms with Crippen molar-refractivity contribution in [1.29, 1.82) is 0 Å². The van der Waals surface area contributed by atoms with Crippen molar-refractivity contribution in [3.8, 4) is 5.75 Å². The number of hydrogen-bond acceptors (Lipinski definition) is 4. The monoisotopic (exact) mass is 404 g/mol. The van der Waals surface area contributed by atoms with Gasteiger partial charge in [0, 0.05) is 17.8 Å². The Morgan fingerprint density at radius 2 is 2.00 bits per heavy atom. The van der Waals surface area contributed by atoms with E-state index in [1.165, 1.54) is 0 Å². The second-order valence-corrected chi connectivity index (χ2v) is 7.82. The highest BCUT2D eigenvalue weighted by atomic mass is 35.5. The first-order valence-electron chi connectivity index (χ1n) is 9.33. The Morgan fingerprint density at radius 3 is 2.61 bits per heavy atom. The molecule has 1 aromatic heterocycles. The maximum atomic E-state index is 13.2. The molecule has 0 saturated heterocycles. The number of halogens is 1. The van der Waals surface area contributed by atoms with E-state index in [9.17, 15) is 14.7 Å². The number of carbonyl (C=O) groups excluding carboxylic acids is 1. The van der Waals surface area contributed by atoms with Crippen molar-refractivity contribution < 1.29 is 14.6 Å². The first-order valence-corrected chi connectivity index (χ1v) is 9.71. The van der Waals surface area contributed by atoms with Crippen LogP contribution >= 0.6 is 11.6 Å². The van der Waals surface area contributed by atoms with E-state index in [1.807, 2.05) is 33.8 Å². The van der Waals surface area contributed by atoms with Crippen molar-refractivity contribution in [2.75, 3.05) is 6.54 Å². The molecule has 0 spiro atoms. The number of fused-ring (bicyclic) bond motifs is 1. The van der Waals surface area contributed by atoms with E-state index in [0.29, 0.717) is 35.4 Å². The molecule has 1 amide bonds. The van der Waals surface area contributed by atoms with Gasteiger partial charge in [0.25, 0.3) is 11.5 Å². The molecular formula is C21H25ClN2O4. The average Bonchev–Trinajstić information content (AvgIpc) is 2.61. The quantitative estimate of drug-likeness (QED) is 0.802. The molecule has 2 N–H and O–H groups in total. The van der Waals surface area contributed by atoms with Crippen LogP contribution in [-0.4, -0.2) is 33.5 Å². The number of hydrogen-bond donors (Lipinski definition) is 2. The molecule has 0 fully saturated rings. The molecule has 2 heterocycles. The summed E-state index contributed by atoms with van der Waals surface area (Å²) in [5.74, 6) is 0.133. The summed E-state index contributed by atoms with van der Waals surface area (Å²) in [4.78, 5) is 30.0. The zero-order valence-electron chi connectivity index (χ0n) is 16.6. The number of nitrogens with one attached hydrogen (secondary N) is 1. The smallest absolute Gasteiger partial charge is 0.256 e. The minimum Gasteiger partial charge on any atom is -0.489 e. The topological polar surface area (TPSA) is 82.6 Å². The van der Waals surface area contributed by atoms with E-state index >= 15 is 0 Å². The fourth-order valence-corrected chi connectivity index (χ4v) is 3.93. The number of H-pyrrole nitrogens is 1. The van der Waals surface area contributed by atoms with Crippen LogP contribution in [0.2, 0.25) is 5.02 Å². The van der Waals surface area contributed by atoms with Gasteiger partial charge in [-0.05, 0) is 62.9 Å². The summed E-state index contributed by atoms with van der Waals surface area (Å²) in [6, 6.07) is 3.60. The highest BCUT2D eigenvalue weighted by Gasteiger charge is 2.31. The molecule has 0 unspecified atom stereocenters. The van der Waals surface area contributed by atoms with Crippen LogP contribution in [0.4, 0.5) is 0 Å². The van der Waals surface area contributed by atoms with Gasteiger partial charge in [-0.25, -0.2) is 0 Å². The lowest BCUT2D eigenvalue weighted by atomic mass is 9.93. The Labute approximate surface area is 169 Å². The maximum absolute atomic E-state index is 13.2. The normalized spacial score (nSPS) is 13.8. The summed E-state index contributed by atoms with van der Waals surface area (Å²) < 4.78 is 5.74. The van der Waals surface area contributed by atoms with Gasteiger partial charge in [-0.2, -0.15) is 0 Å². The Hall–Kier alpha value is -2.31. The molecule has 0 saturated carbocycles. The Bertz CT molecular complexity index is 981. The first kappa shape index (κ1) is 20.4. The van der Waals surface area contributed by atoms with Crippen LogP contribution in [0.15, 0.2) is 16.9 Å². The third kappa shape index (κ3) is 3.80. The molecular weight excluding hydrogens is 380 g/mol. The molecule has 0 atom stereocenters. The summed E-state index contributed by atoms with van der Waals surface area (Å²) >= 11 is 6.52. The molecule has 150 valence electrons. The molecule has 0 bridgehead atoms. The Balaban J connectivity index is 2.01. The molecule has 28 heavy (non-hydrogen) atoms. The third-order valence-electron chi connectivity index (χ3n) is 4.94. The number of ether oxygens (including phenoxy) is 1. The van der Waals surface area contributed by atoms with Gasteiger partial charge in [-0.1, -0.05) is 11.6 Å². The number of aliphatic hydroxyl groups excluding tert-OH is 1. The first-order chi connectivity index (χ1) is 13.2. The van der Waals surface area contributed by atoms with E-state index < -0.39 is 0 Å². The molecule has 1 aliphatic heterocycles. The van der Waals surface area contributed by atoms with Crippen molar-refractivity contribution >= 4 is 17.5 Å². The second kappa shape index (κ2) is 7.97. The van der Waals surface area contributed by atoms with Crippen molar-refractivity contribution in [2.45, 2.75) is 53.4 Å². The minimum atomic E-state index is -0.255. The number of rotatable bonds is 5. The van der Waals surface area contributed by atoms with Gasteiger partial charge in [0.1, 0.15) is 5.75 Å². The van der Waals surface area contributed by atoms with Crippen LogP contribution in [0.1, 0.15) is 52.2 Å². The molecule has 3 rings (SSSR count). The Kier molecular flexibility index (Phi) is 5.82. The van der Waals surface area contributed by atoms with Crippen LogP contribution in [0.25, 0.3) is 0 Å². The van der Waals surface area contributed by atoms with Crippen LogP contribution in [0, 0.1) is 13.8 Å². The lowest BCUT2D eigenvalue weighted by Crippen LogP contribution is -2.39. The number of benzene rings is 1. The standard InChI is InChI=1S/C21H25ClN2O4/c1-11(2)28-17-8-14(10-25)15-5-6-24(21(27)18(15)19(17)22)9-16-12(3)7-13(4)23-20(16)26/h7-8,11,25H,5-6,9-10H2,1-4H3,(H,23,26). The molecule has 7 heteroatoms. The van der Waals surface area contributed by atoms with Crippen LogP contribution in [0.5, 0.6) is 5.75 Å². The van der Waals surface area contributed by atoms with E-state index in [0.717, 1.165) is 16.8 Å². The van der Waals surface area contributed by atoms with Crippen molar-refractivity contribution in [3.05, 3.63) is 61.0 Å². The minimum absolute atomic E-state index is 0.120. The average molecular weight is 405 g/mol. The van der Waals surface area contributed by atoms with E-state index in [-0.39, 0.29) is 35.7 Å². The number of aryl methyl sites for hydroxylation is 2. The summed E-state index contributed by atoms with van der Waals surface area (Å²) in [5, 5.41) is 10.0.